The molecule has 5 heteroatoms. The predicted octanol–water partition coefficient (Wildman–Crippen LogP) is 3.11. The fraction of sp³-hybridized carbons (Fsp3) is 0.154. The number of nitrogens with zero attached hydrogens (tertiary/aromatic N) is 2. The lowest BCUT2D eigenvalue weighted by Gasteiger charge is -2.06. The first-order valence-corrected chi connectivity index (χ1v) is 6.23. The van der Waals surface area contributed by atoms with Crippen molar-refractivity contribution in [3.63, 3.8) is 0 Å². The minimum atomic E-state index is -0.252. The van der Waals surface area contributed by atoms with Crippen LogP contribution in [0.15, 0.2) is 34.9 Å². The van der Waals surface area contributed by atoms with Crippen molar-refractivity contribution in [2.75, 3.05) is 5.32 Å². The summed E-state index contributed by atoms with van der Waals surface area (Å²) in [5, 5.41) is 2.73. The fourth-order valence-corrected chi connectivity index (χ4v) is 2.01. The molecule has 2 aromatic rings. The van der Waals surface area contributed by atoms with E-state index in [1.165, 1.54) is 0 Å². The molecule has 0 radical (unpaired) electrons. The Kier molecular flexibility index (Phi) is 3.72. The van der Waals surface area contributed by atoms with Gasteiger partial charge in [0.15, 0.2) is 0 Å². The number of halogens is 1. The van der Waals surface area contributed by atoms with Gasteiger partial charge in [-0.3, -0.25) is 4.79 Å². The minimum Gasteiger partial charge on any atom is -0.305 e. The molecule has 0 aliphatic rings. The summed E-state index contributed by atoms with van der Waals surface area (Å²) in [6.45, 7) is 3.72. The van der Waals surface area contributed by atoms with Gasteiger partial charge in [0.25, 0.3) is 5.91 Å². The van der Waals surface area contributed by atoms with Crippen LogP contribution in [0.5, 0.6) is 0 Å². The van der Waals surface area contributed by atoms with Crippen LogP contribution in [0.3, 0.4) is 0 Å². The largest absolute Gasteiger partial charge is 0.305 e. The van der Waals surface area contributed by atoms with Crippen molar-refractivity contribution in [1.82, 2.24) is 9.97 Å². The Balaban J connectivity index is 2.22. The van der Waals surface area contributed by atoms with E-state index in [9.17, 15) is 4.79 Å². The second kappa shape index (κ2) is 5.27. The van der Waals surface area contributed by atoms with Crippen LogP contribution in [-0.2, 0) is 0 Å². The first-order chi connectivity index (χ1) is 8.56. The molecule has 1 amide bonds. The van der Waals surface area contributed by atoms with Crippen LogP contribution in [0.4, 0.5) is 5.82 Å². The number of hydrogen-bond acceptors (Lipinski definition) is 3. The molecule has 0 atom stereocenters. The van der Waals surface area contributed by atoms with Crippen LogP contribution in [0.25, 0.3) is 0 Å². The molecular formula is C13H12BrN3O. The standard InChI is InChI=1S/C13H12BrN3O/c1-8-6-10(14)7-15-12(8)13(18)17-11-5-3-4-9(2)16-11/h3-7H,1-2H3,(H,16,17,18). The average molecular weight is 306 g/mol. The molecule has 0 fully saturated rings. The number of anilines is 1. The molecule has 92 valence electrons. The summed E-state index contributed by atoms with van der Waals surface area (Å²) in [7, 11) is 0. The zero-order valence-electron chi connectivity index (χ0n) is 10.1. The summed E-state index contributed by atoms with van der Waals surface area (Å²) in [6, 6.07) is 7.32. The van der Waals surface area contributed by atoms with Gasteiger partial charge in [-0.25, -0.2) is 9.97 Å². The van der Waals surface area contributed by atoms with Crippen molar-refractivity contribution in [3.05, 3.63) is 51.9 Å². The maximum atomic E-state index is 12.0. The molecule has 18 heavy (non-hydrogen) atoms. The molecular weight excluding hydrogens is 294 g/mol. The van der Waals surface area contributed by atoms with Gasteiger partial charge < -0.3 is 5.32 Å². The lowest BCUT2D eigenvalue weighted by Crippen LogP contribution is -2.16. The fourth-order valence-electron chi connectivity index (χ4n) is 1.57. The van der Waals surface area contributed by atoms with Gasteiger partial charge in [0.1, 0.15) is 11.5 Å². The van der Waals surface area contributed by atoms with Crippen LogP contribution >= 0.6 is 15.9 Å². The highest BCUT2D eigenvalue weighted by Gasteiger charge is 2.11. The Morgan fingerprint density at radius 2 is 2.11 bits per heavy atom. The molecule has 0 aliphatic heterocycles. The molecule has 0 spiro atoms. The number of hydrogen-bond donors (Lipinski definition) is 1. The Bertz CT molecular complexity index is 599. The monoisotopic (exact) mass is 305 g/mol. The van der Waals surface area contributed by atoms with Gasteiger partial charge in [-0.1, -0.05) is 6.07 Å². The molecule has 0 saturated carbocycles. The highest BCUT2D eigenvalue weighted by molar-refractivity contribution is 9.10. The van der Waals surface area contributed by atoms with E-state index < -0.39 is 0 Å². The maximum Gasteiger partial charge on any atom is 0.275 e. The summed E-state index contributed by atoms with van der Waals surface area (Å²) in [5.74, 6) is 0.280. The van der Waals surface area contributed by atoms with E-state index in [-0.39, 0.29) is 5.91 Å². The molecule has 0 bridgehead atoms. The van der Waals surface area contributed by atoms with Crippen molar-refractivity contribution in [2.24, 2.45) is 0 Å². The molecule has 2 heterocycles. The van der Waals surface area contributed by atoms with Gasteiger partial charge in [-0.05, 0) is 53.5 Å². The number of aryl methyl sites for hydroxylation is 2. The van der Waals surface area contributed by atoms with Crippen molar-refractivity contribution >= 4 is 27.7 Å². The Morgan fingerprint density at radius 3 is 2.78 bits per heavy atom. The van der Waals surface area contributed by atoms with Gasteiger partial charge in [0.2, 0.25) is 0 Å². The summed E-state index contributed by atoms with van der Waals surface area (Å²) in [6.07, 6.45) is 1.60. The number of nitrogens with one attached hydrogen (secondary N) is 1. The Labute approximate surface area is 114 Å². The predicted molar refractivity (Wildman–Crippen MR) is 73.6 cm³/mol. The van der Waals surface area contributed by atoms with Gasteiger partial charge >= 0.3 is 0 Å². The number of pyridine rings is 2. The van der Waals surface area contributed by atoms with Gasteiger partial charge in [0, 0.05) is 16.4 Å². The second-order valence-corrected chi connectivity index (χ2v) is 4.85. The lowest BCUT2D eigenvalue weighted by molar-refractivity contribution is 0.102. The summed E-state index contributed by atoms with van der Waals surface area (Å²) in [4.78, 5) is 20.4. The van der Waals surface area contributed by atoms with E-state index in [2.05, 4.69) is 31.2 Å². The molecule has 1 N–H and O–H groups in total. The third-order valence-corrected chi connectivity index (χ3v) is 2.82. The summed E-state index contributed by atoms with van der Waals surface area (Å²) < 4.78 is 0.852. The minimum absolute atomic E-state index is 0.252. The lowest BCUT2D eigenvalue weighted by atomic mass is 10.2. The topological polar surface area (TPSA) is 54.9 Å². The van der Waals surface area contributed by atoms with Gasteiger partial charge in [-0.15, -0.1) is 0 Å². The maximum absolute atomic E-state index is 12.0. The SMILES string of the molecule is Cc1cccc(NC(=O)c2ncc(Br)cc2C)n1. The second-order valence-electron chi connectivity index (χ2n) is 3.94. The summed E-state index contributed by atoms with van der Waals surface area (Å²) in [5.41, 5.74) is 2.07. The third-order valence-electron chi connectivity index (χ3n) is 2.39. The highest BCUT2D eigenvalue weighted by Crippen LogP contribution is 2.14. The number of aromatic nitrogens is 2. The van der Waals surface area contributed by atoms with Crippen LogP contribution in [-0.4, -0.2) is 15.9 Å². The highest BCUT2D eigenvalue weighted by atomic mass is 79.9. The average Bonchev–Trinajstić information content (AvgIpc) is 2.28. The zero-order valence-corrected chi connectivity index (χ0v) is 11.7. The van der Waals surface area contributed by atoms with Crippen molar-refractivity contribution in [3.8, 4) is 0 Å². The number of carbonyl (C=O) groups is 1. The van der Waals surface area contributed by atoms with Gasteiger partial charge in [-0.2, -0.15) is 0 Å². The van der Waals surface area contributed by atoms with Crippen LogP contribution in [0.2, 0.25) is 0 Å². The van der Waals surface area contributed by atoms with Gasteiger partial charge in [0.05, 0.1) is 0 Å². The first kappa shape index (κ1) is 12.7. The molecule has 0 unspecified atom stereocenters. The van der Waals surface area contributed by atoms with Crippen LogP contribution in [0, 0.1) is 13.8 Å². The first-order valence-electron chi connectivity index (χ1n) is 5.43. The third kappa shape index (κ3) is 2.92. The van der Waals surface area contributed by atoms with Crippen molar-refractivity contribution < 1.29 is 4.79 Å². The van der Waals surface area contributed by atoms with Crippen LogP contribution in [0.1, 0.15) is 21.7 Å². The molecule has 0 aliphatic carbocycles. The van der Waals surface area contributed by atoms with E-state index in [1.807, 2.05) is 32.0 Å². The molecule has 4 nitrogen and oxygen atoms in total. The number of amides is 1. The van der Waals surface area contributed by atoms with E-state index in [1.54, 1.807) is 12.3 Å². The molecule has 0 aromatic carbocycles. The van der Waals surface area contributed by atoms with Crippen molar-refractivity contribution in [1.29, 1.82) is 0 Å². The van der Waals surface area contributed by atoms with E-state index in [0.29, 0.717) is 11.5 Å². The zero-order chi connectivity index (χ0) is 13.1. The van der Waals surface area contributed by atoms with Crippen molar-refractivity contribution in [2.45, 2.75) is 13.8 Å². The summed E-state index contributed by atoms with van der Waals surface area (Å²) >= 11 is 3.32. The molecule has 2 rings (SSSR count). The quantitative estimate of drug-likeness (QED) is 0.927. The molecule has 2 aromatic heterocycles. The smallest absolute Gasteiger partial charge is 0.275 e. The van der Waals surface area contributed by atoms with E-state index >= 15 is 0 Å². The normalized spacial score (nSPS) is 10.2. The number of carbonyl (C=O) groups excluding carboxylic acids is 1. The Morgan fingerprint density at radius 1 is 1.33 bits per heavy atom. The van der Waals surface area contributed by atoms with E-state index in [0.717, 1.165) is 15.7 Å². The Hall–Kier alpha value is -1.75. The van der Waals surface area contributed by atoms with Crippen LogP contribution < -0.4 is 5.32 Å². The van der Waals surface area contributed by atoms with E-state index in [4.69, 9.17) is 0 Å². The molecule has 0 saturated heterocycles. The number of rotatable bonds is 2.